The number of carbonyl (C=O) groups is 1. The van der Waals surface area contributed by atoms with Crippen molar-refractivity contribution in [2.24, 2.45) is 0 Å². The first kappa shape index (κ1) is 7.10. The molecule has 0 bridgehead atoms. The zero-order valence-electron chi connectivity index (χ0n) is 6.84. The predicted octanol–water partition coefficient (Wildman–Crippen LogP) is -0.0309. The van der Waals surface area contributed by atoms with Gasteiger partial charge in [0, 0.05) is 19.1 Å². The summed E-state index contributed by atoms with van der Waals surface area (Å²) < 4.78 is 0. The van der Waals surface area contributed by atoms with Crippen LogP contribution >= 0.6 is 0 Å². The Kier molecular flexibility index (Phi) is 1.60. The van der Waals surface area contributed by atoms with Crippen LogP contribution < -0.4 is 5.32 Å². The van der Waals surface area contributed by atoms with E-state index >= 15 is 0 Å². The van der Waals surface area contributed by atoms with Gasteiger partial charge in [-0.15, -0.1) is 0 Å². The van der Waals surface area contributed by atoms with Crippen molar-refractivity contribution >= 4 is 5.91 Å². The Labute approximate surface area is 66.8 Å². The van der Waals surface area contributed by atoms with E-state index in [2.05, 4.69) is 5.32 Å². The molecule has 62 valence electrons. The van der Waals surface area contributed by atoms with Gasteiger partial charge in [0.25, 0.3) is 0 Å². The Balaban J connectivity index is 2.12. The second-order valence-electron chi connectivity index (χ2n) is 3.46. The molecule has 0 aromatic heterocycles. The largest absolute Gasteiger partial charge is 0.337 e. The average Bonchev–Trinajstić information content (AvgIpc) is 2.45. The van der Waals surface area contributed by atoms with E-state index in [1.807, 2.05) is 11.8 Å². The number of hydrogen-bond donors (Lipinski definition) is 1. The van der Waals surface area contributed by atoms with E-state index in [0.29, 0.717) is 11.9 Å². The lowest BCUT2D eigenvalue weighted by Gasteiger charge is -2.33. The summed E-state index contributed by atoms with van der Waals surface area (Å²) in [5.74, 6) is 0.291. The standard InChI is InChI=1S/C8H14N2O/c1-6-8(11)10-4-2-3-7(10)5-9-6/h6-7,9H,2-5H2,1H3/t6-,7+/m0/s1. The summed E-state index contributed by atoms with van der Waals surface area (Å²) >= 11 is 0. The van der Waals surface area contributed by atoms with E-state index in [-0.39, 0.29) is 6.04 Å². The van der Waals surface area contributed by atoms with Crippen molar-refractivity contribution in [1.29, 1.82) is 0 Å². The van der Waals surface area contributed by atoms with E-state index in [1.165, 1.54) is 12.8 Å². The van der Waals surface area contributed by atoms with Gasteiger partial charge in [-0.05, 0) is 19.8 Å². The molecule has 2 fully saturated rings. The highest BCUT2D eigenvalue weighted by molar-refractivity contribution is 5.82. The lowest BCUT2D eigenvalue weighted by molar-refractivity contribution is -0.136. The number of nitrogens with one attached hydrogen (secondary N) is 1. The highest BCUT2D eigenvalue weighted by Gasteiger charge is 2.35. The van der Waals surface area contributed by atoms with Crippen LogP contribution in [0.5, 0.6) is 0 Å². The molecule has 2 atom stereocenters. The number of carbonyl (C=O) groups excluding carboxylic acids is 1. The summed E-state index contributed by atoms with van der Waals surface area (Å²) in [5, 5.41) is 3.21. The summed E-state index contributed by atoms with van der Waals surface area (Å²) in [5.41, 5.74) is 0. The molecule has 0 aliphatic carbocycles. The molecule has 0 radical (unpaired) electrons. The maximum atomic E-state index is 11.5. The summed E-state index contributed by atoms with van der Waals surface area (Å²) in [7, 11) is 0. The average molecular weight is 154 g/mol. The van der Waals surface area contributed by atoms with Gasteiger partial charge < -0.3 is 10.2 Å². The highest BCUT2D eigenvalue weighted by Crippen LogP contribution is 2.20. The van der Waals surface area contributed by atoms with E-state index in [9.17, 15) is 4.79 Å². The SMILES string of the molecule is C[C@@H]1NC[C@H]2CCCN2C1=O. The first-order valence-corrected chi connectivity index (χ1v) is 4.33. The third-order valence-corrected chi connectivity index (χ3v) is 2.69. The number of piperazine rings is 1. The van der Waals surface area contributed by atoms with Crippen molar-refractivity contribution in [3.05, 3.63) is 0 Å². The van der Waals surface area contributed by atoms with Crippen LogP contribution in [-0.4, -0.2) is 36.0 Å². The van der Waals surface area contributed by atoms with Crippen molar-refractivity contribution in [1.82, 2.24) is 10.2 Å². The van der Waals surface area contributed by atoms with Gasteiger partial charge in [-0.25, -0.2) is 0 Å². The second kappa shape index (κ2) is 2.48. The highest BCUT2D eigenvalue weighted by atomic mass is 16.2. The molecule has 2 heterocycles. The third kappa shape index (κ3) is 1.03. The van der Waals surface area contributed by atoms with Crippen molar-refractivity contribution in [2.45, 2.75) is 31.8 Å². The topological polar surface area (TPSA) is 32.3 Å². The minimum Gasteiger partial charge on any atom is -0.337 e. The van der Waals surface area contributed by atoms with Gasteiger partial charge in [0.2, 0.25) is 5.91 Å². The Morgan fingerprint density at radius 1 is 1.64 bits per heavy atom. The lowest BCUT2D eigenvalue weighted by atomic mass is 10.1. The summed E-state index contributed by atoms with van der Waals surface area (Å²) in [6, 6.07) is 0.544. The molecule has 0 saturated carbocycles. The molecule has 3 nitrogen and oxygen atoms in total. The van der Waals surface area contributed by atoms with E-state index < -0.39 is 0 Å². The lowest BCUT2D eigenvalue weighted by Crippen LogP contribution is -2.56. The van der Waals surface area contributed by atoms with Crippen LogP contribution in [0, 0.1) is 0 Å². The van der Waals surface area contributed by atoms with Crippen molar-refractivity contribution in [3.8, 4) is 0 Å². The molecular formula is C8H14N2O. The normalized spacial score (nSPS) is 37.5. The molecule has 11 heavy (non-hydrogen) atoms. The van der Waals surface area contributed by atoms with Gasteiger partial charge >= 0.3 is 0 Å². The van der Waals surface area contributed by atoms with E-state index in [0.717, 1.165) is 13.1 Å². The Morgan fingerprint density at radius 3 is 3.27 bits per heavy atom. The van der Waals surface area contributed by atoms with Gasteiger partial charge in [0.1, 0.15) is 0 Å². The Bertz CT molecular complexity index is 181. The third-order valence-electron chi connectivity index (χ3n) is 2.69. The minimum atomic E-state index is 0.0457. The molecule has 1 amide bonds. The molecule has 2 aliphatic rings. The number of amides is 1. The first-order chi connectivity index (χ1) is 5.29. The van der Waals surface area contributed by atoms with Crippen molar-refractivity contribution in [2.75, 3.05) is 13.1 Å². The number of hydrogen-bond acceptors (Lipinski definition) is 2. The van der Waals surface area contributed by atoms with Crippen molar-refractivity contribution < 1.29 is 4.79 Å². The number of nitrogens with zero attached hydrogens (tertiary/aromatic N) is 1. The quantitative estimate of drug-likeness (QED) is 0.531. The Morgan fingerprint density at radius 2 is 2.45 bits per heavy atom. The first-order valence-electron chi connectivity index (χ1n) is 4.33. The summed E-state index contributed by atoms with van der Waals surface area (Å²) in [6.45, 7) is 3.92. The van der Waals surface area contributed by atoms with Crippen LogP contribution in [0.4, 0.5) is 0 Å². The van der Waals surface area contributed by atoms with E-state index in [1.54, 1.807) is 0 Å². The molecule has 0 spiro atoms. The number of fused-ring (bicyclic) bond motifs is 1. The fraction of sp³-hybridized carbons (Fsp3) is 0.875. The molecule has 2 rings (SSSR count). The molecule has 1 N–H and O–H groups in total. The summed E-state index contributed by atoms with van der Waals surface area (Å²) in [4.78, 5) is 13.5. The monoisotopic (exact) mass is 154 g/mol. The smallest absolute Gasteiger partial charge is 0.239 e. The minimum absolute atomic E-state index is 0.0457. The molecule has 0 aromatic rings. The molecule has 2 aliphatic heterocycles. The van der Waals surface area contributed by atoms with Crippen molar-refractivity contribution in [3.63, 3.8) is 0 Å². The van der Waals surface area contributed by atoms with Gasteiger partial charge in [0.05, 0.1) is 6.04 Å². The van der Waals surface area contributed by atoms with Gasteiger partial charge in [-0.1, -0.05) is 0 Å². The molecule has 0 unspecified atom stereocenters. The maximum Gasteiger partial charge on any atom is 0.239 e. The van der Waals surface area contributed by atoms with Gasteiger partial charge in [-0.3, -0.25) is 4.79 Å². The van der Waals surface area contributed by atoms with Crippen LogP contribution in [0.2, 0.25) is 0 Å². The Hall–Kier alpha value is -0.570. The van der Waals surface area contributed by atoms with Crippen LogP contribution in [0.15, 0.2) is 0 Å². The second-order valence-corrected chi connectivity index (χ2v) is 3.46. The van der Waals surface area contributed by atoms with Crippen LogP contribution in [-0.2, 0) is 4.79 Å². The molecule has 0 aromatic carbocycles. The fourth-order valence-corrected chi connectivity index (χ4v) is 1.99. The molecule has 2 saturated heterocycles. The van der Waals surface area contributed by atoms with Crippen LogP contribution in [0.3, 0.4) is 0 Å². The predicted molar refractivity (Wildman–Crippen MR) is 42.2 cm³/mol. The summed E-state index contributed by atoms with van der Waals surface area (Å²) in [6.07, 6.45) is 2.37. The van der Waals surface area contributed by atoms with Crippen LogP contribution in [0.1, 0.15) is 19.8 Å². The molecular weight excluding hydrogens is 140 g/mol. The van der Waals surface area contributed by atoms with Gasteiger partial charge in [0.15, 0.2) is 0 Å². The van der Waals surface area contributed by atoms with Gasteiger partial charge in [-0.2, -0.15) is 0 Å². The van der Waals surface area contributed by atoms with Crippen LogP contribution in [0.25, 0.3) is 0 Å². The zero-order chi connectivity index (χ0) is 7.84. The maximum absolute atomic E-state index is 11.5. The number of rotatable bonds is 0. The fourth-order valence-electron chi connectivity index (χ4n) is 1.99. The van der Waals surface area contributed by atoms with E-state index in [4.69, 9.17) is 0 Å². The zero-order valence-corrected chi connectivity index (χ0v) is 6.84. The molecule has 3 heteroatoms.